The zero-order valence-corrected chi connectivity index (χ0v) is 26.0. The van der Waals surface area contributed by atoms with E-state index < -0.39 is 0 Å². The molecule has 47 heavy (non-hydrogen) atoms. The number of imidazole rings is 1. The number of hydrogen-bond acceptors (Lipinski definition) is 3. The van der Waals surface area contributed by atoms with Gasteiger partial charge >= 0.3 is 0 Å². The highest BCUT2D eigenvalue weighted by molar-refractivity contribution is 6.06. The average molecular weight is 604 g/mol. The summed E-state index contributed by atoms with van der Waals surface area (Å²) in [6, 6.07) is 45.2. The van der Waals surface area contributed by atoms with E-state index in [2.05, 4.69) is 140 Å². The number of benzene rings is 6. The second-order valence-corrected chi connectivity index (χ2v) is 13.1. The van der Waals surface area contributed by atoms with E-state index in [1.54, 1.807) is 0 Å². The van der Waals surface area contributed by atoms with Gasteiger partial charge in [0, 0.05) is 39.1 Å². The maximum absolute atomic E-state index is 6.31. The van der Waals surface area contributed by atoms with Crippen LogP contribution in [0.3, 0.4) is 0 Å². The quantitative estimate of drug-likeness (QED) is 0.202. The second-order valence-electron chi connectivity index (χ2n) is 13.1. The minimum Gasteiger partial charge on any atom is -0.456 e. The van der Waals surface area contributed by atoms with Crippen LogP contribution in [0.2, 0.25) is 0 Å². The lowest BCUT2D eigenvalue weighted by molar-refractivity contribution is 0.660. The minimum absolute atomic E-state index is 0.107. The number of fused-ring (bicyclic) bond motifs is 8. The summed E-state index contributed by atoms with van der Waals surface area (Å²) in [5.74, 6) is 0. The Bertz CT molecular complexity index is 2720. The molecule has 4 heteroatoms. The van der Waals surface area contributed by atoms with Crippen LogP contribution in [0.5, 0.6) is 0 Å². The Kier molecular flexibility index (Phi) is 5.31. The summed E-state index contributed by atoms with van der Waals surface area (Å²) in [6.45, 7) is 4.64. The Labute approximate surface area is 271 Å². The molecule has 0 N–H and O–H groups in total. The fraction of sp³-hybridized carbons (Fsp3) is 0.0698. The van der Waals surface area contributed by atoms with Gasteiger partial charge in [-0.3, -0.25) is 4.40 Å². The van der Waals surface area contributed by atoms with E-state index in [-0.39, 0.29) is 5.41 Å². The van der Waals surface area contributed by atoms with Crippen molar-refractivity contribution in [3.8, 4) is 44.9 Å². The highest BCUT2D eigenvalue weighted by Crippen LogP contribution is 2.49. The summed E-state index contributed by atoms with van der Waals surface area (Å²) in [7, 11) is 0. The summed E-state index contributed by atoms with van der Waals surface area (Å²) in [5.41, 5.74) is 13.6. The third kappa shape index (κ3) is 3.76. The number of rotatable bonds is 3. The van der Waals surface area contributed by atoms with Gasteiger partial charge in [0.1, 0.15) is 16.9 Å². The second kappa shape index (κ2) is 9.51. The largest absolute Gasteiger partial charge is 0.456 e. The van der Waals surface area contributed by atoms with Crippen molar-refractivity contribution in [1.82, 2.24) is 14.4 Å². The Morgan fingerprint density at radius 1 is 0.596 bits per heavy atom. The van der Waals surface area contributed by atoms with Gasteiger partial charge in [-0.25, -0.2) is 9.97 Å². The monoisotopic (exact) mass is 603 g/mol. The van der Waals surface area contributed by atoms with Crippen LogP contribution < -0.4 is 0 Å². The molecule has 0 radical (unpaired) electrons. The third-order valence-corrected chi connectivity index (χ3v) is 10.1. The first-order valence-electron chi connectivity index (χ1n) is 16.1. The summed E-state index contributed by atoms with van der Waals surface area (Å²) in [6.07, 6.45) is 4.13. The molecule has 0 aliphatic heterocycles. The van der Waals surface area contributed by atoms with E-state index in [1.165, 1.54) is 33.0 Å². The number of hydrogen-bond donors (Lipinski definition) is 0. The number of nitrogens with zero attached hydrogens (tertiary/aromatic N) is 3. The molecule has 6 aromatic carbocycles. The highest BCUT2D eigenvalue weighted by atomic mass is 16.3. The van der Waals surface area contributed by atoms with Crippen molar-refractivity contribution >= 4 is 38.4 Å². The molecule has 4 nitrogen and oxygen atoms in total. The third-order valence-electron chi connectivity index (χ3n) is 10.1. The normalized spacial score (nSPS) is 13.5. The predicted molar refractivity (Wildman–Crippen MR) is 192 cm³/mol. The van der Waals surface area contributed by atoms with Crippen molar-refractivity contribution in [2.24, 2.45) is 0 Å². The van der Waals surface area contributed by atoms with E-state index in [0.29, 0.717) is 0 Å². The molecule has 222 valence electrons. The molecule has 0 unspecified atom stereocenters. The van der Waals surface area contributed by atoms with Crippen LogP contribution in [0.15, 0.2) is 144 Å². The molecule has 9 aromatic rings. The van der Waals surface area contributed by atoms with Crippen LogP contribution in [0, 0.1) is 0 Å². The molecule has 0 saturated heterocycles. The van der Waals surface area contributed by atoms with Crippen molar-refractivity contribution in [3.63, 3.8) is 0 Å². The van der Waals surface area contributed by atoms with Crippen LogP contribution in [0.25, 0.3) is 83.3 Å². The Morgan fingerprint density at radius 3 is 2.26 bits per heavy atom. The molecule has 0 saturated carbocycles. The van der Waals surface area contributed by atoms with E-state index >= 15 is 0 Å². The van der Waals surface area contributed by atoms with Crippen molar-refractivity contribution < 1.29 is 4.42 Å². The molecule has 0 atom stereocenters. The van der Waals surface area contributed by atoms with Gasteiger partial charge < -0.3 is 4.42 Å². The summed E-state index contributed by atoms with van der Waals surface area (Å²) < 4.78 is 8.53. The maximum atomic E-state index is 6.31. The van der Waals surface area contributed by atoms with Gasteiger partial charge in [-0.15, -0.1) is 0 Å². The van der Waals surface area contributed by atoms with Gasteiger partial charge in [0.25, 0.3) is 0 Å². The number of aromatic nitrogens is 3. The highest BCUT2D eigenvalue weighted by Gasteiger charge is 2.35. The Hall–Kier alpha value is -6.00. The maximum Gasteiger partial charge on any atom is 0.164 e. The molecule has 3 aromatic heterocycles. The fourth-order valence-corrected chi connectivity index (χ4v) is 7.71. The topological polar surface area (TPSA) is 43.3 Å². The van der Waals surface area contributed by atoms with Gasteiger partial charge in [-0.05, 0) is 57.3 Å². The molecule has 10 rings (SSSR count). The van der Waals surface area contributed by atoms with Crippen molar-refractivity contribution in [3.05, 3.63) is 151 Å². The Morgan fingerprint density at radius 2 is 1.32 bits per heavy atom. The van der Waals surface area contributed by atoms with E-state index in [0.717, 1.165) is 61.4 Å². The molecule has 0 spiro atoms. The SMILES string of the molecule is CC1(C)c2ccccc2-c2ccc(-c3cn4c(-c5cccc6ccccc56)cnc4c(-c4ccc5c(c4)oc4ccccc45)n3)cc21. The fourth-order valence-electron chi connectivity index (χ4n) is 7.71. The van der Waals surface area contributed by atoms with Gasteiger partial charge in [0.2, 0.25) is 0 Å². The molecular formula is C43H29N3O. The number of furan rings is 1. The van der Waals surface area contributed by atoms with Crippen molar-refractivity contribution in [2.75, 3.05) is 0 Å². The van der Waals surface area contributed by atoms with Gasteiger partial charge in [-0.1, -0.05) is 117 Å². The lowest BCUT2D eigenvalue weighted by Gasteiger charge is -2.22. The zero-order chi connectivity index (χ0) is 31.3. The molecule has 1 aliphatic rings. The Balaban J connectivity index is 1.23. The zero-order valence-electron chi connectivity index (χ0n) is 26.0. The molecule has 0 amide bonds. The lowest BCUT2D eigenvalue weighted by atomic mass is 9.82. The molecular weight excluding hydrogens is 574 g/mol. The average Bonchev–Trinajstić information content (AvgIpc) is 3.78. The minimum atomic E-state index is -0.107. The first-order chi connectivity index (χ1) is 23.0. The summed E-state index contributed by atoms with van der Waals surface area (Å²) in [5, 5.41) is 4.60. The number of para-hydroxylation sites is 1. The predicted octanol–water partition coefficient (Wildman–Crippen LogP) is 11.1. The van der Waals surface area contributed by atoms with Crippen LogP contribution in [-0.4, -0.2) is 14.4 Å². The van der Waals surface area contributed by atoms with E-state index in [1.807, 2.05) is 18.3 Å². The van der Waals surface area contributed by atoms with Crippen LogP contribution in [0.1, 0.15) is 25.0 Å². The lowest BCUT2D eigenvalue weighted by Crippen LogP contribution is -2.15. The summed E-state index contributed by atoms with van der Waals surface area (Å²) in [4.78, 5) is 10.4. The van der Waals surface area contributed by atoms with Gasteiger partial charge in [-0.2, -0.15) is 0 Å². The van der Waals surface area contributed by atoms with Gasteiger partial charge in [0.15, 0.2) is 5.65 Å². The van der Waals surface area contributed by atoms with Crippen molar-refractivity contribution in [1.29, 1.82) is 0 Å². The smallest absolute Gasteiger partial charge is 0.164 e. The molecule has 0 fully saturated rings. The van der Waals surface area contributed by atoms with E-state index in [4.69, 9.17) is 14.4 Å². The van der Waals surface area contributed by atoms with Crippen LogP contribution >= 0.6 is 0 Å². The first-order valence-corrected chi connectivity index (χ1v) is 16.1. The van der Waals surface area contributed by atoms with Crippen molar-refractivity contribution in [2.45, 2.75) is 19.3 Å². The molecule has 1 aliphatic carbocycles. The van der Waals surface area contributed by atoms with Crippen LogP contribution in [0.4, 0.5) is 0 Å². The first kappa shape index (κ1) is 26.2. The van der Waals surface area contributed by atoms with Gasteiger partial charge in [0.05, 0.1) is 17.6 Å². The molecule has 0 bridgehead atoms. The standard InChI is InChI=1S/C43H29N3O/c1-43(2)35-16-7-5-13-30(35)31-20-18-27(22-36(31)43)37-25-46-38(32-15-9-11-26-10-3-4-12-29(26)32)24-44-42(46)41(45-37)28-19-21-34-33-14-6-8-17-39(33)47-40(34)23-28/h3-25H,1-2H3. The van der Waals surface area contributed by atoms with E-state index in [9.17, 15) is 0 Å². The summed E-state index contributed by atoms with van der Waals surface area (Å²) >= 11 is 0. The molecule has 3 heterocycles. The van der Waals surface area contributed by atoms with Crippen LogP contribution in [-0.2, 0) is 5.41 Å².